The van der Waals surface area contributed by atoms with Gasteiger partial charge in [0, 0.05) is 12.2 Å². The van der Waals surface area contributed by atoms with E-state index in [0.29, 0.717) is 26.9 Å². The lowest BCUT2D eigenvalue weighted by atomic mass is 10.2. The van der Waals surface area contributed by atoms with Crippen LogP contribution in [0, 0.1) is 0 Å². The fourth-order valence-corrected chi connectivity index (χ4v) is 3.48. The summed E-state index contributed by atoms with van der Waals surface area (Å²) in [6.07, 6.45) is 1.46. The zero-order chi connectivity index (χ0) is 18.7. The molecule has 134 valence electrons. The summed E-state index contributed by atoms with van der Waals surface area (Å²) in [7, 11) is 0. The number of rotatable bonds is 5. The van der Waals surface area contributed by atoms with Gasteiger partial charge in [-0.05, 0) is 38.1 Å². The first-order valence-electron chi connectivity index (χ1n) is 8.01. The molecule has 0 aliphatic rings. The number of halogens is 1. The minimum atomic E-state index is -0.234. The standard InChI is InChI=1S/C18H17ClN4O2S/c1-11(2)23-17(25)13-5-3-4-6-14(13)21-18(23)26-10-16(24)22-15-8-7-12(19)9-20-15/h3-9,11H,10H2,1-2H3,(H,20,22,24). The summed E-state index contributed by atoms with van der Waals surface area (Å²) >= 11 is 7.00. The van der Waals surface area contributed by atoms with Crippen molar-refractivity contribution >= 4 is 46.0 Å². The molecule has 0 aliphatic carbocycles. The number of thioether (sulfide) groups is 1. The number of carbonyl (C=O) groups excluding carboxylic acids is 1. The number of benzene rings is 1. The van der Waals surface area contributed by atoms with E-state index in [0.717, 1.165) is 0 Å². The number of pyridine rings is 1. The number of fused-ring (bicyclic) bond motifs is 1. The van der Waals surface area contributed by atoms with Crippen molar-refractivity contribution in [3.63, 3.8) is 0 Å². The van der Waals surface area contributed by atoms with E-state index < -0.39 is 0 Å². The summed E-state index contributed by atoms with van der Waals surface area (Å²) in [5, 5.41) is 4.28. The first-order valence-corrected chi connectivity index (χ1v) is 9.37. The SMILES string of the molecule is CC(C)n1c(SCC(=O)Nc2ccc(Cl)cn2)nc2ccccc2c1=O. The lowest BCUT2D eigenvalue weighted by Gasteiger charge is -2.16. The molecule has 0 bridgehead atoms. The van der Waals surface area contributed by atoms with Crippen LogP contribution < -0.4 is 10.9 Å². The quantitative estimate of drug-likeness (QED) is 0.532. The Morgan fingerprint density at radius 1 is 1.27 bits per heavy atom. The molecule has 0 saturated heterocycles. The first-order chi connectivity index (χ1) is 12.5. The second kappa shape index (κ2) is 7.88. The zero-order valence-corrected chi connectivity index (χ0v) is 15.8. The number of hydrogen-bond donors (Lipinski definition) is 1. The summed E-state index contributed by atoms with van der Waals surface area (Å²) in [4.78, 5) is 33.5. The maximum absolute atomic E-state index is 12.7. The van der Waals surface area contributed by atoms with E-state index in [9.17, 15) is 9.59 Å². The van der Waals surface area contributed by atoms with Crippen molar-refractivity contribution in [1.29, 1.82) is 0 Å². The average Bonchev–Trinajstić information content (AvgIpc) is 2.61. The molecule has 1 amide bonds. The second-order valence-corrected chi connectivity index (χ2v) is 7.26. The highest BCUT2D eigenvalue weighted by molar-refractivity contribution is 7.99. The van der Waals surface area contributed by atoms with E-state index in [1.54, 1.807) is 28.8 Å². The predicted molar refractivity (Wildman–Crippen MR) is 105 cm³/mol. The minimum absolute atomic E-state index is 0.0666. The lowest BCUT2D eigenvalue weighted by Crippen LogP contribution is -2.25. The van der Waals surface area contributed by atoms with Gasteiger partial charge in [0.25, 0.3) is 5.56 Å². The van der Waals surface area contributed by atoms with Gasteiger partial charge in [0.1, 0.15) is 5.82 Å². The van der Waals surface area contributed by atoms with E-state index in [1.807, 2.05) is 26.0 Å². The molecule has 1 N–H and O–H groups in total. The van der Waals surface area contributed by atoms with Crippen molar-refractivity contribution in [1.82, 2.24) is 14.5 Å². The van der Waals surface area contributed by atoms with Crippen LogP contribution in [0.3, 0.4) is 0 Å². The van der Waals surface area contributed by atoms with Gasteiger partial charge in [-0.1, -0.05) is 35.5 Å². The summed E-state index contributed by atoms with van der Waals surface area (Å²) in [5.41, 5.74) is 0.518. The third-order valence-electron chi connectivity index (χ3n) is 3.62. The number of amides is 1. The fourth-order valence-electron chi connectivity index (χ4n) is 2.44. The molecule has 0 spiro atoms. The van der Waals surface area contributed by atoms with Crippen LogP contribution in [0.1, 0.15) is 19.9 Å². The number of aromatic nitrogens is 3. The van der Waals surface area contributed by atoms with Crippen molar-refractivity contribution in [2.75, 3.05) is 11.1 Å². The van der Waals surface area contributed by atoms with E-state index in [-0.39, 0.29) is 23.3 Å². The molecule has 0 fully saturated rings. The summed E-state index contributed by atoms with van der Waals surface area (Å²) in [5.74, 6) is 0.303. The highest BCUT2D eigenvalue weighted by Gasteiger charge is 2.15. The smallest absolute Gasteiger partial charge is 0.262 e. The molecule has 2 aromatic heterocycles. The Morgan fingerprint density at radius 3 is 2.73 bits per heavy atom. The molecule has 3 rings (SSSR count). The van der Waals surface area contributed by atoms with Crippen LogP contribution in [-0.2, 0) is 4.79 Å². The second-order valence-electron chi connectivity index (χ2n) is 5.88. The Labute approximate surface area is 159 Å². The van der Waals surface area contributed by atoms with Gasteiger partial charge in [0.05, 0.1) is 21.7 Å². The van der Waals surface area contributed by atoms with Crippen LogP contribution in [0.4, 0.5) is 5.82 Å². The first kappa shape index (κ1) is 18.4. The number of carbonyl (C=O) groups is 1. The van der Waals surface area contributed by atoms with Crippen LogP contribution in [0.2, 0.25) is 5.02 Å². The summed E-state index contributed by atoms with van der Waals surface area (Å²) in [6.45, 7) is 3.83. The third kappa shape index (κ3) is 4.05. The maximum atomic E-state index is 12.7. The van der Waals surface area contributed by atoms with Crippen molar-refractivity contribution in [3.05, 3.63) is 58.0 Å². The van der Waals surface area contributed by atoms with Crippen molar-refractivity contribution in [3.8, 4) is 0 Å². The van der Waals surface area contributed by atoms with Crippen LogP contribution in [0.15, 0.2) is 52.5 Å². The zero-order valence-electron chi connectivity index (χ0n) is 14.3. The Balaban J connectivity index is 1.81. The molecule has 3 aromatic rings. The Hall–Kier alpha value is -2.38. The highest BCUT2D eigenvalue weighted by atomic mass is 35.5. The van der Waals surface area contributed by atoms with Crippen LogP contribution >= 0.6 is 23.4 Å². The van der Waals surface area contributed by atoms with E-state index in [2.05, 4.69) is 15.3 Å². The molecule has 0 aliphatic heterocycles. The number of nitrogens with one attached hydrogen (secondary N) is 1. The monoisotopic (exact) mass is 388 g/mol. The van der Waals surface area contributed by atoms with Crippen molar-refractivity contribution in [2.24, 2.45) is 0 Å². The van der Waals surface area contributed by atoms with E-state index >= 15 is 0 Å². The predicted octanol–water partition coefficient (Wildman–Crippen LogP) is 3.76. The Bertz CT molecular complexity index is 1000. The van der Waals surface area contributed by atoms with Crippen LogP contribution in [0.25, 0.3) is 10.9 Å². The van der Waals surface area contributed by atoms with Crippen molar-refractivity contribution < 1.29 is 4.79 Å². The molecule has 8 heteroatoms. The number of anilines is 1. The van der Waals surface area contributed by atoms with E-state index in [4.69, 9.17) is 11.6 Å². The third-order valence-corrected chi connectivity index (χ3v) is 4.80. The molecule has 0 atom stereocenters. The summed E-state index contributed by atoms with van der Waals surface area (Å²) in [6, 6.07) is 10.4. The average molecular weight is 389 g/mol. The molecule has 2 heterocycles. The Morgan fingerprint density at radius 2 is 2.04 bits per heavy atom. The largest absolute Gasteiger partial charge is 0.310 e. The number of nitrogens with zero attached hydrogens (tertiary/aromatic N) is 3. The maximum Gasteiger partial charge on any atom is 0.262 e. The fraction of sp³-hybridized carbons (Fsp3) is 0.222. The normalized spacial score (nSPS) is 11.1. The molecule has 0 saturated carbocycles. The topological polar surface area (TPSA) is 76.9 Å². The molecular weight excluding hydrogens is 372 g/mol. The van der Waals surface area contributed by atoms with Gasteiger partial charge in [0.15, 0.2) is 5.16 Å². The Kier molecular flexibility index (Phi) is 5.58. The van der Waals surface area contributed by atoms with Crippen molar-refractivity contribution in [2.45, 2.75) is 25.0 Å². The molecule has 1 aromatic carbocycles. The van der Waals surface area contributed by atoms with Gasteiger partial charge in [0.2, 0.25) is 5.91 Å². The van der Waals surface area contributed by atoms with Crippen LogP contribution in [0.5, 0.6) is 0 Å². The molecule has 26 heavy (non-hydrogen) atoms. The highest BCUT2D eigenvalue weighted by Crippen LogP contribution is 2.21. The molecular formula is C18H17ClN4O2S. The van der Waals surface area contributed by atoms with Gasteiger partial charge in [-0.15, -0.1) is 0 Å². The van der Waals surface area contributed by atoms with Gasteiger partial charge in [-0.3, -0.25) is 14.2 Å². The van der Waals surface area contributed by atoms with Gasteiger partial charge >= 0.3 is 0 Å². The molecule has 6 nitrogen and oxygen atoms in total. The lowest BCUT2D eigenvalue weighted by molar-refractivity contribution is -0.113. The number of para-hydroxylation sites is 1. The number of hydrogen-bond acceptors (Lipinski definition) is 5. The van der Waals surface area contributed by atoms with Gasteiger partial charge < -0.3 is 5.32 Å². The molecule has 0 radical (unpaired) electrons. The molecule has 0 unspecified atom stereocenters. The minimum Gasteiger partial charge on any atom is -0.310 e. The van der Waals surface area contributed by atoms with Gasteiger partial charge in [-0.2, -0.15) is 0 Å². The summed E-state index contributed by atoms with van der Waals surface area (Å²) < 4.78 is 1.61. The van der Waals surface area contributed by atoms with Crippen LogP contribution in [-0.4, -0.2) is 26.2 Å². The van der Waals surface area contributed by atoms with Gasteiger partial charge in [-0.25, -0.2) is 9.97 Å². The van der Waals surface area contributed by atoms with E-state index in [1.165, 1.54) is 18.0 Å².